The van der Waals surface area contributed by atoms with Crippen molar-refractivity contribution in [3.63, 3.8) is 0 Å². The lowest BCUT2D eigenvalue weighted by Crippen LogP contribution is -2.46. The summed E-state index contributed by atoms with van der Waals surface area (Å²) in [4.78, 5) is 9.46. The second-order valence-electron chi connectivity index (χ2n) is 7.12. The summed E-state index contributed by atoms with van der Waals surface area (Å²) in [5.74, 6) is 1.44. The molecule has 2 aromatic rings. The quantitative estimate of drug-likeness (QED) is 0.790. The highest BCUT2D eigenvalue weighted by molar-refractivity contribution is 5.22. The summed E-state index contributed by atoms with van der Waals surface area (Å²) in [5.41, 5.74) is 0. The van der Waals surface area contributed by atoms with Crippen molar-refractivity contribution >= 4 is 0 Å². The van der Waals surface area contributed by atoms with Gasteiger partial charge >= 0.3 is 0 Å². The third-order valence-corrected chi connectivity index (χ3v) is 5.19. The number of hydrogen-bond acceptors (Lipinski definition) is 6. The van der Waals surface area contributed by atoms with E-state index in [2.05, 4.69) is 19.9 Å². The van der Waals surface area contributed by atoms with Crippen molar-refractivity contribution in [1.29, 1.82) is 0 Å². The van der Waals surface area contributed by atoms with Crippen LogP contribution < -0.4 is 4.74 Å². The van der Waals surface area contributed by atoms with Crippen LogP contribution in [-0.4, -0.2) is 52.2 Å². The summed E-state index contributed by atoms with van der Waals surface area (Å²) < 4.78 is 23.8. The first-order valence-corrected chi connectivity index (χ1v) is 9.42. The zero-order valence-electron chi connectivity index (χ0n) is 14.9. The molecule has 1 aromatic carbocycles. The monoisotopic (exact) mass is 360 g/mol. The molecule has 26 heavy (non-hydrogen) atoms. The van der Waals surface area contributed by atoms with Crippen LogP contribution in [-0.2, 0) is 13.2 Å². The van der Waals surface area contributed by atoms with E-state index < -0.39 is 0 Å². The highest BCUT2D eigenvalue weighted by Gasteiger charge is 2.27. The van der Waals surface area contributed by atoms with Gasteiger partial charge in [-0.1, -0.05) is 5.16 Å². The Morgan fingerprint density at radius 3 is 2.73 bits per heavy atom. The Hall–Kier alpha value is -1.99. The molecule has 2 aliphatic rings. The van der Waals surface area contributed by atoms with Crippen LogP contribution in [0.15, 0.2) is 28.8 Å². The van der Waals surface area contributed by atoms with Crippen LogP contribution in [0.25, 0.3) is 0 Å². The van der Waals surface area contributed by atoms with E-state index in [0.29, 0.717) is 30.1 Å². The Bertz CT molecular complexity index is 700. The van der Waals surface area contributed by atoms with Gasteiger partial charge in [0.2, 0.25) is 11.7 Å². The van der Waals surface area contributed by atoms with E-state index in [1.165, 1.54) is 50.9 Å². The molecule has 2 fully saturated rings. The molecule has 0 unspecified atom stereocenters. The summed E-state index contributed by atoms with van der Waals surface area (Å²) in [7, 11) is 0. The molecule has 0 amide bonds. The minimum absolute atomic E-state index is 0.214. The lowest BCUT2D eigenvalue weighted by atomic mass is 10.0. The number of rotatable bonds is 6. The highest BCUT2D eigenvalue weighted by atomic mass is 19.1. The Kier molecular flexibility index (Phi) is 5.45. The Balaban J connectivity index is 1.28. The van der Waals surface area contributed by atoms with E-state index in [-0.39, 0.29) is 12.4 Å². The van der Waals surface area contributed by atoms with Crippen LogP contribution in [0.5, 0.6) is 5.75 Å². The summed E-state index contributed by atoms with van der Waals surface area (Å²) >= 11 is 0. The van der Waals surface area contributed by atoms with Crippen LogP contribution in [0.2, 0.25) is 0 Å². The fourth-order valence-corrected chi connectivity index (χ4v) is 3.86. The lowest BCUT2D eigenvalue weighted by molar-refractivity contribution is 0.102. The first kappa shape index (κ1) is 17.4. The summed E-state index contributed by atoms with van der Waals surface area (Å²) in [6.07, 6.45) is 5.17. The highest BCUT2D eigenvalue weighted by Crippen LogP contribution is 2.21. The Morgan fingerprint density at radius 2 is 1.92 bits per heavy atom. The van der Waals surface area contributed by atoms with Crippen molar-refractivity contribution in [1.82, 2.24) is 19.9 Å². The number of hydrogen-bond donors (Lipinski definition) is 0. The van der Waals surface area contributed by atoms with Gasteiger partial charge < -0.3 is 9.26 Å². The third-order valence-electron chi connectivity index (χ3n) is 5.19. The second-order valence-corrected chi connectivity index (χ2v) is 7.12. The SMILES string of the molecule is Fc1ccc(OCc2noc(CN3CCC[C@H](N4CCCC4)C3)n2)cc1. The maximum absolute atomic E-state index is 12.9. The largest absolute Gasteiger partial charge is 0.485 e. The molecule has 1 atom stereocenters. The van der Waals surface area contributed by atoms with Crippen LogP contribution in [0.4, 0.5) is 4.39 Å². The minimum Gasteiger partial charge on any atom is -0.485 e. The molecule has 2 aliphatic heterocycles. The van der Waals surface area contributed by atoms with Crippen molar-refractivity contribution in [3.05, 3.63) is 41.8 Å². The first-order valence-electron chi connectivity index (χ1n) is 9.42. The fourth-order valence-electron chi connectivity index (χ4n) is 3.86. The van der Waals surface area contributed by atoms with Gasteiger partial charge in [0.25, 0.3) is 0 Å². The van der Waals surface area contributed by atoms with Crippen molar-refractivity contribution in [2.24, 2.45) is 0 Å². The molecule has 2 saturated heterocycles. The summed E-state index contributed by atoms with van der Waals surface area (Å²) in [6.45, 7) is 5.53. The van der Waals surface area contributed by atoms with Gasteiger partial charge in [-0.25, -0.2) is 4.39 Å². The van der Waals surface area contributed by atoms with Crippen LogP contribution in [0.1, 0.15) is 37.4 Å². The van der Waals surface area contributed by atoms with Gasteiger partial charge in [0, 0.05) is 12.6 Å². The van der Waals surface area contributed by atoms with Crippen molar-refractivity contribution in [3.8, 4) is 5.75 Å². The normalized spacial score (nSPS) is 22.0. The Labute approximate surface area is 152 Å². The number of benzene rings is 1. The average molecular weight is 360 g/mol. The molecule has 3 heterocycles. The van der Waals surface area contributed by atoms with Crippen LogP contribution in [0.3, 0.4) is 0 Å². The molecular formula is C19H25FN4O2. The van der Waals surface area contributed by atoms with Crippen molar-refractivity contribution < 1.29 is 13.7 Å². The van der Waals surface area contributed by atoms with Crippen LogP contribution >= 0.6 is 0 Å². The molecule has 0 saturated carbocycles. The molecule has 6 nitrogen and oxygen atoms in total. The number of aromatic nitrogens is 2. The minimum atomic E-state index is -0.284. The molecular weight excluding hydrogens is 335 g/mol. The van der Waals surface area contributed by atoms with E-state index in [0.717, 1.165) is 13.1 Å². The first-order chi connectivity index (χ1) is 12.8. The van der Waals surface area contributed by atoms with Crippen molar-refractivity contribution in [2.75, 3.05) is 26.2 Å². The van der Waals surface area contributed by atoms with Gasteiger partial charge in [-0.05, 0) is 69.6 Å². The van der Waals surface area contributed by atoms with E-state index >= 15 is 0 Å². The summed E-state index contributed by atoms with van der Waals surface area (Å²) in [5, 5.41) is 3.99. The molecule has 4 rings (SSSR count). The lowest BCUT2D eigenvalue weighted by Gasteiger charge is -2.36. The predicted molar refractivity (Wildman–Crippen MR) is 94.1 cm³/mol. The van der Waals surface area contributed by atoms with Crippen LogP contribution in [0, 0.1) is 5.82 Å². The second kappa shape index (κ2) is 8.14. The van der Waals surface area contributed by atoms with Gasteiger partial charge in [0.05, 0.1) is 6.54 Å². The van der Waals surface area contributed by atoms with Gasteiger partial charge in [-0.3, -0.25) is 9.80 Å². The zero-order chi connectivity index (χ0) is 17.8. The number of ether oxygens (including phenoxy) is 1. The fraction of sp³-hybridized carbons (Fsp3) is 0.579. The number of piperidine rings is 1. The predicted octanol–water partition coefficient (Wildman–Crippen LogP) is 2.85. The summed E-state index contributed by atoms with van der Waals surface area (Å²) in [6, 6.07) is 6.56. The van der Waals surface area contributed by atoms with Gasteiger partial charge in [0.1, 0.15) is 11.6 Å². The third kappa shape index (κ3) is 4.40. The van der Waals surface area contributed by atoms with Gasteiger partial charge in [0.15, 0.2) is 6.61 Å². The maximum Gasteiger partial charge on any atom is 0.240 e. The van der Waals surface area contributed by atoms with E-state index in [9.17, 15) is 4.39 Å². The average Bonchev–Trinajstić information content (AvgIpc) is 3.34. The van der Waals surface area contributed by atoms with E-state index in [1.54, 1.807) is 12.1 Å². The molecule has 7 heteroatoms. The number of halogens is 1. The van der Waals surface area contributed by atoms with Gasteiger partial charge in [-0.15, -0.1) is 0 Å². The smallest absolute Gasteiger partial charge is 0.240 e. The number of nitrogens with zero attached hydrogens (tertiary/aromatic N) is 4. The van der Waals surface area contributed by atoms with E-state index in [1.807, 2.05) is 0 Å². The van der Waals surface area contributed by atoms with E-state index in [4.69, 9.17) is 9.26 Å². The molecule has 1 aromatic heterocycles. The molecule has 0 aliphatic carbocycles. The molecule has 0 bridgehead atoms. The van der Waals surface area contributed by atoms with Gasteiger partial charge in [-0.2, -0.15) is 4.98 Å². The molecule has 0 radical (unpaired) electrons. The molecule has 0 spiro atoms. The van der Waals surface area contributed by atoms with Crippen molar-refractivity contribution in [2.45, 2.75) is 44.9 Å². The maximum atomic E-state index is 12.9. The molecule has 140 valence electrons. The number of likely N-dealkylation sites (tertiary alicyclic amines) is 2. The molecule has 0 N–H and O–H groups in total. The topological polar surface area (TPSA) is 54.6 Å². The zero-order valence-corrected chi connectivity index (χ0v) is 14.9. The Morgan fingerprint density at radius 1 is 1.12 bits per heavy atom. The standard InChI is InChI=1S/C19H25FN4O2/c20-15-5-7-17(8-6-15)25-14-18-21-19(26-22-18)13-23-9-3-4-16(12-23)24-10-1-2-11-24/h5-8,16H,1-4,9-14H2/t16-/m0/s1.